The molecule has 1 aliphatic carbocycles. The van der Waals surface area contributed by atoms with Crippen molar-refractivity contribution in [1.82, 2.24) is 9.88 Å². The summed E-state index contributed by atoms with van der Waals surface area (Å²) in [6, 6.07) is 2.39. The monoisotopic (exact) mass is 484 g/mol. The summed E-state index contributed by atoms with van der Waals surface area (Å²) >= 11 is 0. The van der Waals surface area contributed by atoms with E-state index in [2.05, 4.69) is 10.3 Å². The predicted octanol–water partition coefficient (Wildman–Crippen LogP) is 2.99. The number of alkyl halides is 5. The number of nitrogens with one attached hydrogen (secondary N) is 1. The number of hydrogen-bond acceptors (Lipinski definition) is 5. The lowest BCUT2D eigenvalue weighted by Crippen LogP contribution is -2.50. The maximum absolute atomic E-state index is 13.6. The van der Waals surface area contributed by atoms with E-state index in [9.17, 15) is 35.2 Å². The van der Waals surface area contributed by atoms with E-state index in [0.717, 1.165) is 17.2 Å². The van der Waals surface area contributed by atoms with Gasteiger partial charge in [-0.05, 0) is 43.7 Å². The van der Waals surface area contributed by atoms with E-state index in [-0.39, 0.29) is 62.7 Å². The van der Waals surface area contributed by atoms with Crippen LogP contribution in [0.2, 0.25) is 0 Å². The number of nitrogens with two attached hydrogens (primary N) is 1. The van der Waals surface area contributed by atoms with Crippen LogP contribution in [0.5, 0.6) is 0 Å². The molecule has 1 amide bonds. The number of carbonyl (C=O) groups is 1. The summed E-state index contributed by atoms with van der Waals surface area (Å²) in [4.78, 5) is 17.8. The maximum Gasteiger partial charge on any atom is 0.401 e. The second-order valence-corrected chi connectivity index (χ2v) is 10.0. The second kappa shape index (κ2) is 9.18. The van der Waals surface area contributed by atoms with Crippen molar-refractivity contribution in [3.63, 3.8) is 0 Å². The summed E-state index contributed by atoms with van der Waals surface area (Å²) in [5, 5.41) is 7.11. The highest BCUT2D eigenvalue weighted by molar-refractivity contribution is 7.89. The molecule has 3 rings (SSSR count). The number of anilines is 1. The summed E-state index contributed by atoms with van der Waals surface area (Å²) in [5.41, 5.74) is 0.0795. The van der Waals surface area contributed by atoms with Gasteiger partial charge in [-0.25, -0.2) is 27.3 Å². The SMILES string of the molecule is NS(=O)(=O)c1cc(NC(=O)[C@@H]2CN(CC(F)(F)F)CCC2C2CCC(F)(F)CC2)ccn1. The molecule has 13 heteroatoms. The van der Waals surface area contributed by atoms with E-state index in [4.69, 9.17) is 5.14 Å². The molecule has 2 heterocycles. The fraction of sp³-hybridized carbons (Fsp3) is 0.684. The van der Waals surface area contributed by atoms with Gasteiger partial charge in [0.15, 0.2) is 5.03 Å². The molecule has 2 aliphatic rings. The van der Waals surface area contributed by atoms with Crippen molar-refractivity contribution in [2.45, 2.75) is 49.2 Å². The number of rotatable bonds is 5. The van der Waals surface area contributed by atoms with Gasteiger partial charge in [0.25, 0.3) is 10.0 Å². The number of aromatic nitrogens is 1. The smallest absolute Gasteiger partial charge is 0.326 e. The second-order valence-electron chi connectivity index (χ2n) is 8.52. The molecule has 1 saturated heterocycles. The van der Waals surface area contributed by atoms with Crippen LogP contribution in [0.15, 0.2) is 23.4 Å². The minimum atomic E-state index is -4.43. The first kappa shape index (κ1) is 24.8. The quantitative estimate of drug-likeness (QED) is 0.626. The number of halogens is 5. The number of amides is 1. The van der Waals surface area contributed by atoms with Crippen LogP contribution in [-0.2, 0) is 14.8 Å². The van der Waals surface area contributed by atoms with Crippen molar-refractivity contribution in [2.24, 2.45) is 22.9 Å². The first-order chi connectivity index (χ1) is 14.7. The minimum Gasteiger partial charge on any atom is -0.326 e. The van der Waals surface area contributed by atoms with Crippen LogP contribution in [0.25, 0.3) is 0 Å². The standard InChI is InChI=1S/C19H25F5N4O3S/c20-18(21)5-1-12(2-6-18)14-4-8-28(11-19(22,23)24)10-15(14)17(29)27-13-3-7-26-16(9-13)32(25,30)31/h3,7,9,12,14-15H,1-2,4-6,8,10-11H2,(H2,25,30,31)(H,26,27,29)/t14?,15-/m1/s1. The maximum atomic E-state index is 13.6. The number of nitrogens with zero attached hydrogens (tertiary/aromatic N) is 2. The lowest BCUT2D eigenvalue weighted by molar-refractivity contribution is -0.155. The van der Waals surface area contributed by atoms with Crippen LogP contribution >= 0.6 is 0 Å². The molecule has 1 saturated carbocycles. The predicted molar refractivity (Wildman–Crippen MR) is 105 cm³/mol. The van der Waals surface area contributed by atoms with Crippen LogP contribution < -0.4 is 10.5 Å². The number of carbonyl (C=O) groups excluding carboxylic acids is 1. The molecule has 180 valence electrons. The average Bonchev–Trinajstić information content (AvgIpc) is 2.66. The van der Waals surface area contributed by atoms with Crippen molar-refractivity contribution >= 4 is 21.6 Å². The zero-order valence-corrected chi connectivity index (χ0v) is 17.9. The lowest BCUT2D eigenvalue weighted by atomic mass is 9.70. The van der Waals surface area contributed by atoms with E-state index in [1.54, 1.807) is 0 Å². The van der Waals surface area contributed by atoms with Crippen LogP contribution in [0.3, 0.4) is 0 Å². The number of primary sulfonamides is 1. The van der Waals surface area contributed by atoms with Crippen LogP contribution in [-0.4, -0.2) is 55.9 Å². The Hall–Kier alpha value is -1.86. The van der Waals surface area contributed by atoms with Crippen molar-refractivity contribution in [2.75, 3.05) is 25.0 Å². The highest BCUT2D eigenvalue weighted by atomic mass is 32.2. The van der Waals surface area contributed by atoms with Crippen LogP contribution in [0.1, 0.15) is 32.1 Å². The lowest BCUT2D eigenvalue weighted by Gasteiger charge is -2.43. The fourth-order valence-electron chi connectivity index (χ4n) is 4.64. The molecule has 2 atom stereocenters. The van der Waals surface area contributed by atoms with E-state index in [1.165, 1.54) is 6.07 Å². The number of likely N-dealkylation sites (tertiary alicyclic amines) is 1. The Balaban J connectivity index is 1.79. The van der Waals surface area contributed by atoms with Gasteiger partial charge in [-0.3, -0.25) is 9.69 Å². The molecule has 0 bridgehead atoms. The first-order valence-corrected chi connectivity index (χ1v) is 11.7. The zero-order valence-electron chi connectivity index (χ0n) is 17.1. The molecule has 0 radical (unpaired) electrons. The highest BCUT2D eigenvalue weighted by Gasteiger charge is 2.45. The van der Waals surface area contributed by atoms with Gasteiger partial charge >= 0.3 is 6.18 Å². The van der Waals surface area contributed by atoms with Crippen LogP contribution in [0, 0.1) is 17.8 Å². The fourth-order valence-corrected chi connectivity index (χ4v) is 5.14. The molecular weight excluding hydrogens is 459 g/mol. The van der Waals surface area contributed by atoms with Gasteiger partial charge in [-0.1, -0.05) is 0 Å². The summed E-state index contributed by atoms with van der Waals surface area (Å²) in [6.07, 6.45) is -3.24. The van der Waals surface area contributed by atoms with Crippen LogP contribution in [0.4, 0.5) is 27.6 Å². The Morgan fingerprint density at radius 1 is 1.25 bits per heavy atom. The van der Waals surface area contributed by atoms with E-state index in [0.29, 0.717) is 0 Å². The first-order valence-electron chi connectivity index (χ1n) is 10.2. The van der Waals surface area contributed by atoms with Crippen molar-refractivity contribution < 1.29 is 35.2 Å². The normalized spacial score (nSPS) is 25.4. The Morgan fingerprint density at radius 3 is 2.50 bits per heavy atom. The van der Waals surface area contributed by atoms with Gasteiger partial charge in [-0.2, -0.15) is 13.2 Å². The molecule has 1 aromatic rings. The number of pyridine rings is 1. The Kier molecular flexibility index (Phi) is 7.11. The van der Waals surface area contributed by atoms with Gasteiger partial charge < -0.3 is 5.32 Å². The summed E-state index contributed by atoms with van der Waals surface area (Å²) < 4.78 is 88.9. The van der Waals surface area contributed by atoms with Gasteiger partial charge in [0.05, 0.1) is 12.5 Å². The molecule has 1 aromatic heterocycles. The summed E-state index contributed by atoms with van der Waals surface area (Å²) in [5.74, 6) is -4.77. The molecule has 32 heavy (non-hydrogen) atoms. The molecule has 1 unspecified atom stereocenters. The number of hydrogen-bond donors (Lipinski definition) is 2. The average molecular weight is 484 g/mol. The topological polar surface area (TPSA) is 105 Å². The van der Waals surface area contributed by atoms with Crippen molar-refractivity contribution in [1.29, 1.82) is 0 Å². The molecule has 3 N–H and O–H groups in total. The largest absolute Gasteiger partial charge is 0.401 e. The Morgan fingerprint density at radius 2 is 1.91 bits per heavy atom. The summed E-state index contributed by atoms with van der Waals surface area (Å²) in [7, 11) is -4.12. The third kappa shape index (κ3) is 6.58. The minimum absolute atomic E-state index is 0.0795. The zero-order chi connectivity index (χ0) is 23.7. The van der Waals surface area contributed by atoms with Crippen molar-refractivity contribution in [3.05, 3.63) is 18.3 Å². The molecule has 1 aliphatic heterocycles. The molecule has 2 fully saturated rings. The third-order valence-electron chi connectivity index (χ3n) is 6.15. The number of piperidine rings is 1. The summed E-state index contributed by atoms with van der Waals surface area (Å²) in [6.45, 7) is -1.22. The molecular formula is C19H25F5N4O3S. The third-order valence-corrected chi connectivity index (χ3v) is 6.96. The van der Waals surface area contributed by atoms with Gasteiger partial charge in [0, 0.05) is 37.3 Å². The molecule has 0 aromatic carbocycles. The van der Waals surface area contributed by atoms with Gasteiger partial charge in [-0.15, -0.1) is 0 Å². The molecule has 7 nitrogen and oxygen atoms in total. The molecule has 0 spiro atoms. The Labute approximate surface area is 182 Å². The van der Waals surface area contributed by atoms with E-state index >= 15 is 0 Å². The Bertz CT molecular complexity index is 931. The highest BCUT2D eigenvalue weighted by Crippen LogP contribution is 2.44. The van der Waals surface area contributed by atoms with Gasteiger partial charge in [0.1, 0.15) is 0 Å². The van der Waals surface area contributed by atoms with E-state index in [1.807, 2.05) is 0 Å². The van der Waals surface area contributed by atoms with Gasteiger partial charge in [0.2, 0.25) is 11.8 Å². The van der Waals surface area contributed by atoms with Crippen molar-refractivity contribution in [3.8, 4) is 0 Å². The number of sulfonamides is 1. The van der Waals surface area contributed by atoms with E-state index < -0.39 is 45.5 Å².